The lowest BCUT2D eigenvalue weighted by atomic mass is 9.83. The van der Waals surface area contributed by atoms with E-state index in [0.717, 1.165) is 5.56 Å². The fourth-order valence-corrected chi connectivity index (χ4v) is 2.56. The van der Waals surface area contributed by atoms with Crippen LogP contribution in [0.5, 0.6) is 0 Å². The Hall–Kier alpha value is -2.50. The molecule has 1 aliphatic carbocycles. The fourth-order valence-electron chi connectivity index (χ4n) is 2.56. The van der Waals surface area contributed by atoms with Gasteiger partial charge in [0.1, 0.15) is 5.69 Å². The van der Waals surface area contributed by atoms with Gasteiger partial charge in [-0.2, -0.15) is 4.98 Å². The molecule has 2 aromatic rings. The maximum Gasteiger partial charge on any atom is 0.307 e. The van der Waals surface area contributed by atoms with Gasteiger partial charge in [0.25, 0.3) is 0 Å². The van der Waals surface area contributed by atoms with Gasteiger partial charge in [0.05, 0.1) is 11.8 Å². The van der Waals surface area contributed by atoms with Gasteiger partial charge < -0.3 is 9.63 Å². The Morgan fingerprint density at radius 1 is 1.38 bits per heavy atom. The second-order valence-corrected chi connectivity index (χ2v) is 5.12. The highest BCUT2D eigenvalue weighted by atomic mass is 16.5. The molecule has 0 aromatic carbocycles. The van der Waals surface area contributed by atoms with Crippen molar-refractivity contribution in [3.63, 3.8) is 0 Å². The van der Waals surface area contributed by atoms with Crippen LogP contribution in [0.2, 0.25) is 0 Å². The average molecular weight is 285 g/mol. The van der Waals surface area contributed by atoms with E-state index < -0.39 is 11.9 Å². The Morgan fingerprint density at radius 3 is 2.95 bits per heavy atom. The SMILES string of the molecule is Cc1cccnc1-c1noc(C2CC=CCC2C(=O)O)n1. The van der Waals surface area contributed by atoms with Crippen LogP contribution in [-0.4, -0.2) is 26.2 Å². The van der Waals surface area contributed by atoms with Crippen LogP contribution in [0.4, 0.5) is 0 Å². The summed E-state index contributed by atoms with van der Waals surface area (Å²) in [6, 6.07) is 3.76. The van der Waals surface area contributed by atoms with E-state index in [2.05, 4.69) is 15.1 Å². The van der Waals surface area contributed by atoms with E-state index in [-0.39, 0.29) is 5.92 Å². The van der Waals surface area contributed by atoms with Crippen molar-refractivity contribution in [1.82, 2.24) is 15.1 Å². The molecule has 2 unspecified atom stereocenters. The quantitative estimate of drug-likeness (QED) is 0.872. The summed E-state index contributed by atoms with van der Waals surface area (Å²) in [5.74, 6) is -0.863. The van der Waals surface area contributed by atoms with Gasteiger partial charge in [-0.1, -0.05) is 23.4 Å². The first-order valence-corrected chi connectivity index (χ1v) is 6.80. The zero-order chi connectivity index (χ0) is 14.8. The molecule has 3 rings (SSSR count). The monoisotopic (exact) mass is 285 g/mol. The first-order valence-electron chi connectivity index (χ1n) is 6.80. The van der Waals surface area contributed by atoms with Crippen LogP contribution >= 0.6 is 0 Å². The highest BCUT2D eigenvalue weighted by Gasteiger charge is 2.34. The predicted molar refractivity (Wildman–Crippen MR) is 74.5 cm³/mol. The summed E-state index contributed by atoms with van der Waals surface area (Å²) in [4.78, 5) is 19.9. The van der Waals surface area contributed by atoms with Crippen molar-refractivity contribution < 1.29 is 14.4 Å². The predicted octanol–water partition coefficient (Wildman–Crippen LogP) is 2.57. The molecule has 0 bridgehead atoms. The third kappa shape index (κ3) is 2.56. The normalized spacial score (nSPS) is 21.4. The van der Waals surface area contributed by atoms with Crippen molar-refractivity contribution in [1.29, 1.82) is 0 Å². The van der Waals surface area contributed by atoms with Crippen LogP contribution in [0, 0.1) is 12.8 Å². The van der Waals surface area contributed by atoms with Crippen molar-refractivity contribution in [2.45, 2.75) is 25.7 Å². The van der Waals surface area contributed by atoms with Crippen molar-refractivity contribution in [2.24, 2.45) is 5.92 Å². The minimum Gasteiger partial charge on any atom is -0.481 e. The summed E-state index contributed by atoms with van der Waals surface area (Å²) < 4.78 is 5.30. The fraction of sp³-hybridized carbons (Fsp3) is 0.333. The molecular weight excluding hydrogens is 270 g/mol. The molecule has 0 aliphatic heterocycles. The van der Waals surface area contributed by atoms with Crippen molar-refractivity contribution in [3.05, 3.63) is 41.9 Å². The summed E-state index contributed by atoms with van der Waals surface area (Å²) in [5.41, 5.74) is 1.61. The maximum absolute atomic E-state index is 11.3. The molecule has 1 aliphatic rings. The molecule has 6 heteroatoms. The molecule has 0 saturated heterocycles. The minimum atomic E-state index is -0.835. The number of carboxylic acid groups (broad SMARTS) is 1. The van der Waals surface area contributed by atoms with Gasteiger partial charge in [-0.3, -0.25) is 9.78 Å². The summed E-state index contributed by atoms with van der Waals surface area (Å²) in [7, 11) is 0. The smallest absolute Gasteiger partial charge is 0.307 e. The van der Waals surface area contributed by atoms with E-state index in [1.807, 2.05) is 31.2 Å². The van der Waals surface area contributed by atoms with Crippen molar-refractivity contribution >= 4 is 5.97 Å². The lowest BCUT2D eigenvalue weighted by Gasteiger charge is -2.21. The molecule has 6 nitrogen and oxygen atoms in total. The lowest BCUT2D eigenvalue weighted by Crippen LogP contribution is -2.23. The Kier molecular flexibility index (Phi) is 3.51. The van der Waals surface area contributed by atoms with Crippen LogP contribution in [0.25, 0.3) is 11.5 Å². The largest absolute Gasteiger partial charge is 0.481 e. The van der Waals surface area contributed by atoms with Gasteiger partial charge >= 0.3 is 5.97 Å². The third-order valence-corrected chi connectivity index (χ3v) is 3.73. The number of pyridine rings is 1. The molecule has 0 fully saturated rings. The number of nitrogens with zero attached hydrogens (tertiary/aromatic N) is 3. The van der Waals surface area contributed by atoms with Crippen LogP contribution < -0.4 is 0 Å². The first kappa shape index (κ1) is 13.5. The summed E-state index contributed by atoms with van der Waals surface area (Å²) in [5, 5.41) is 13.3. The molecule has 0 radical (unpaired) electrons. The topological polar surface area (TPSA) is 89.1 Å². The number of aryl methyl sites for hydroxylation is 1. The lowest BCUT2D eigenvalue weighted by molar-refractivity contribution is -0.142. The second kappa shape index (κ2) is 5.47. The van der Waals surface area contributed by atoms with Gasteiger partial charge in [-0.25, -0.2) is 0 Å². The second-order valence-electron chi connectivity index (χ2n) is 5.12. The van der Waals surface area contributed by atoms with Crippen LogP contribution in [0.15, 0.2) is 35.0 Å². The summed E-state index contributed by atoms with van der Waals surface area (Å²) >= 11 is 0. The molecule has 0 saturated carbocycles. The molecular formula is C15H15N3O3. The van der Waals surface area contributed by atoms with E-state index >= 15 is 0 Å². The van der Waals surface area contributed by atoms with E-state index in [1.165, 1.54) is 0 Å². The number of aliphatic carboxylic acids is 1. The van der Waals surface area contributed by atoms with E-state index in [0.29, 0.717) is 30.3 Å². The molecule has 0 spiro atoms. The van der Waals surface area contributed by atoms with Crippen molar-refractivity contribution in [3.8, 4) is 11.5 Å². The van der Waals surface area contributed by atoms with Crippen LogP contribution in [0.1, 0.15) is 30.2 Å². The van der Waals surface area contributed by atoms with Crippen molar-refractivity contribution in [2.75, 3.05) is 0 Å². The Morgan fingerprint density at radius 2 is 2.19 bits per heavy atom. The van der Waals surface area contributed by atoms with Gasteiger partial charge in [0.2, 0.25) is 11.7 Å². The summed E-state index contributed by atoms with van der Waals surface area (Å²) in [6.45, 7) is 1.92. The van der Waals surface area contributed by atoms with Crippen LogP contribution in [0.3, 0.4) is 0 Å². The van der Waals surface area contributed by atoms with Gasteiger partial charge in [0.15, 0.2) is 0 Å². The Labute approximate surface area is 121 Å². The maximum atomic E-state index is 11.3. The Bertz CT molecular complexity index is 693. The minimum absolute atomic E-state index is 0.280. The molecule has 1 N–H and O–H groups in total. The van der Waals surface area contributed by atoms with Gasteiger partial charge in [-0.15, -0.1) is 0 Å². The summed E-state index contributed by atoms with van der Waals surface area (Å²) in [6.07, 6.45) is 6.59. The average Bonchev–Trinajstić information content (AvgIpc) is 2.97. The third-order valence-electron chi connectivity index (χ3n) is 3.73. The highest BCUT2D eigenvalue weighted by molar-refractivity contribution is 5.71. The van der Waals surface area contributed by atoms with Gasteiger partial charge in [-0.05, 0) is 31.4 Å². The number of hydrogen-bond acceptors (Lipinski definition) is 5. The molecule has 2 aromatic heterocycles. The zero-order valence-corrected chi connectivity index (χ0v) is 11.6. The Balaban J connectivity index is 1.93. The number of rotatable bonds is 3. The number of carboxylic acids is 1. The number of hydrogen-bond donors (Lipinski definition) is 1. The van der Waals surface area contributed by atoms with E-state index in [9.17, 15) is 9.90 Å². The number of carbonyl (C=O) groups is 1. The first-order chi connectivity index (χ1) is 10.2. The highest BCUT2D eigenvalue weighted by Crippen LogP contribution is 2.34. The van der Waals surface area contributed by atoms with E-state index in [4.69, 9.17) is 4.52 Å². The molecule has 2 heterocycles. The van der Waals surface area contributed by atoms with Gasteiger partial charge in [0, 0.05) is 6.20 Å². The zero-order valence-electron chi connectivity index (χ0n) is 11.6. The van der Waals surface area contributed by atoms with E-state index in [1.54, 1.807) is 6.20 Å². The molecule has 0 amide bonds. The molecule has 2 atom stereocenters. The standard InChI is InChI=1S/C15H15N3O3/c1-9-5-4-8-16-12(9)13-17-14(21-18-13)10-6-2-3-7-11(10)15(19)20/h2-5,8,10-11H,6-7H2,1H3,(H,19,20). The number of allylic oxidation sites excluding steroid dienone is 2. The molecule has 108 valence electrons. The van der Waals surface area contributed by atoms with Crippen LogP contribution in [-0.2, 0) is 4.79 Å². The number of aromatic nitrogens is 3. The molecule has 21 heavy (non-hydrogen) atoms.